The average molecular weight is 223 g/mol. The number of nitrogens with two attached hydrogens (primary N) is 1. The van der Waals surface area contributed by atoms with Crippen LogP contribution in [0.15, 0.2) is 0 Å². The van der Waals surface area contributed by atoms with Crippen molar-refractivity contribution in [3.8, 4) is 6.07 Å². The van der Waals surface area contributed by atoms with Crippen LogP contribution in [0.25, 0.3) is 0 Å². The lowest BCUT2D eigenvalue weighted by atomic mass is 9.98. The number of carbonyl (C=O) groups is 2. The first kappa shape index (κ1) is 12.5. The van der Waals surface area contributed by atoms with Crippen molar-refractivity contribution < 1.29 is 9.59 Å². The summed E-state index contributed by atoms with van der Waals surface area (Å²) in [4.78, 5) is 24.7. The van der Waals surface area contributed by atoms with Gasteiger partial charge in [0.25, 0.3) is 0 Å². The van der Waals surface area contributed by atoms with Gasteiger partial charge in [0.1, 0.15) is 12.0 Å². The molecule has 88 valence electrons. The molecule has 0 aromatic rings. The Morgan fingerprint density at radius 2 is 2.25 bits per heavy atom. The molecule has 2 unspecified atom stereocenters. The highest BCUT2D eigenvalue weighted by Crippen LogP contribution is 2.20. The first-order valence-corrected chi connectivity index (χ1v) is 5.61. The zero-order valence-electron chi connectivity index (χ0n) is 9.48. The van der Waals surface area contributed by atoms with Gasteiger partial charge in [-0.2, -0.15) is 5.26 Å². The van der Waals surface area contributed by atoms with Crippen molar-refractivity contribution in [3.05, 3.63) is 0 Å². The summed E-state index contributed by atoms with van der Waals surface area (Å²) in [6.07, 6.45) is 2.86. The third-order valence-electron chi connectivity index (χ3n) is 2.98. The predicted molar refractivity (Wildman–Crippen MR) is 57.9 cm³/mol. The van der Waals surface area contributed by atoms with Crippen molar-refractivity contribution in [2.24, 2.45) is 11.7 Å². The fourth-order valence-corrected chi connectivity index (χ4v) is 2.01. The minimum atomic E-state index is -0.653. The van der Waals surface area contributed by atoms with E-state index in [2.05, 4.69) is 0 Å². The second-order valence-electron chi connectivity index (χ2n) is 4.04. The van der Waals surface area contributed by atoms with Crippen molar-refractivity contribution in [2.45, 2.75) is 38.6 Å². The van der Waals surface area contributed by atoms with Gasteiger partial charge in [-0.25, -0.2) is 0 Å². The van der Waals surface area contributed by atoms with Crippen LogP contribution in [0.1, 0.15) is 32.6 Å². The van der Waals surface area contributed by atoms with Crippen LogP contribution in [0.3, 0.4) is 0 Å². The van der Waals surface area contributed by atoms with Crippen molar-refractivity contribution in [1.29, 1.82) is 5.26 Å². The second kappa shape index (κ2) is 5.50. The minimum absolute atomic E-state index is 0.256. The topological polar surface area (TPSA) is 87.2 Å². The Morgan fingerprint density at radius 3 is 2.75 bits per heavy atom. The highest BCUT2D eigenvalue weighted by atomic mass is 16.2. The van der Waals surface area contributed by atoms with Gasteiger partial charge >= 0.3 is 0 Å². The Hall–Kier alpha value is -1.57. The first-order chi connectivity index (χ1) is 7.61. The summed E-state index contributed by atoms with van der Waals surface area (Å²) in [5, 5.41) is 8.84. The zero-order chi connectivity index (χ0) is 12.1. The van der Waals surface area contributed by atoms with E-state index in [1.54, 1.807) is 6.92 Å². The SMILES string of the molecule is CCC(C#N)C(=O)N1CCCCC1C(N)=O. The van der Waals surface area contributed by atoms with Crippen LogP contribution >= 0.6 is 0 Å². The molecule has 1 heterocycles. The number of rotatable bonds is 3. The maximum atomic E-state index is 12.0. The number of nitriles is 1. The smallest absolute Gasteiger partial charge is 0.240 e. The zero-order valence-corrected chi connectivity index (χ0v) is 9.48. The molecule has 0 saturated carbocycles. The Labute approximate surface area is 95.2 Å². The lowest BCUT2D eigenvalue weighted by Crippen LogP contribution is -2.52. The summed E-state index contributed by atoms with van der Waals surface area (Å²) in [7, 11) is 0. The quantitative estimate of drug-likeness (QED) is 0.751. The molecule has 2 N–H and O–H groups in total. The van der Waals surface area contributed by atoms with E-state index in [0.29, 0.717) is 19.4 Å². The molecular weight excluding hydrogens is 206 g/mol. The summed E-state index contributed by atoms with van der Waals surface area (Å²) in [6, 6.07) is 1.44. The summed E-state index contributed by atoms with van der Waals surface area (Å²) < 4.78 is 0. The highest BCUT2D eigenvalue weighted by Gasteiger charge is 2.33. The second-order valence-corrected chi connectivity index (χ2v) is 4.04. The lowest BCUT2D eigenvalue weighted by molar-refractivity contribution is -0.143. The summed E-state index contributed by atoms with van der Waals surface area (Å²) in [6.45, 7) is 2.32. The number of piperidine rings is 1. The van der Waals surface area contributed by atoms with Crippen LogP contribution in [0.4, 0.5) is 0 Å². The fraction of sp³-hybridized carbons (Fsp3) is 0.727. The van der Waals surface area contributed by atoms with Gasteiger partial charge in [-0.15, -0.1) is 0 Å². The van der Waals surface area contributed by atoms with Crippen LogP contribution in [0.5, 0.6) is 0 Å². The molecule has 1 saturated heterocycles. The Kier molecular flexibility index (Phi) is 4.29. The lowest BCUT2D eigenvalue weighted by Gasteiger charge is -2.34. The molecule has 5 nitrogen and oxygen atoms in total. The molecule has 5 heteroatoms. The summed E-state index contributed by atoms with van der Waals surface area (Å²) in [5.74, 6) is -1.38. The van der Waals surface area contributed by atoms with Gasteiger partial charge in [0.15, 0.2) is 0 Å². The normalized spacial score (nSPS) is 22.2. The maximum Gasteiger partial charge on any atom is 0.240 e. The molecule has 1 fully saturated rings. The maximum absolute atomic E-state index is 12.0. The Morgan fingerprint density at radius 1 is 1.56 bits per heavy atom. The van der Waals surface area contributed by atoms with E-state index in [0.717, 1.165) is 12.8 Å². The largest absolute Gasteiger partial charge is 0.368 e. The molecule has 1 aliphatic heterocycles. The van der Waals surface area contributed by atoms with E-state index in [1.807, 2.05) is 6.07 Å². The van der Waals surface area contributed by atoms with Crippen molar-refractivity contribution in [1.82, 2.24) is 4.90 Å². The van der Waals surface area contributed by atoms with Crippen molar-refractivity contribution >= 4 is 11.8 Å². The number of carbonyl (C=O) groups excluding carboxylic acids is 2. The van der Waals surface area contributed by atoms with Crippen LogP contribution in [0, 0.1) is 17.2 Å². The first-order valence-electron chi connectivity index (χ1n) is 5.61. The number of amides is 2. The minimum Gasteiger partial charge on any atom is -0.368 e. The molecular formula is C11H17N3O2. The van der Waals surface area contributed by atoms with Crippen LogP contribution < -0.4 is 5.73 Å². The van der Waals surface area contributed by atoms with Crippen molar-refractivity contribution in [2.75, 3.05) is 6.54 Å². The Bertz CT molecular complexity index is 322. The number of hydrogen-bond donors (Lipinski definition) is 1. The predicted octanol–water partition coefficient (Wildman–Crippen LogP) is 0.403. The molecule has 0 bridgehead atoms. The monoisotopic (exact) mass is 223 g/mol. The number of primary amides is 1. The fourth-order valence-electron chi connectivity index (χ4n) is 2.01. The van der Waals surface area contributed by atoms with Gasteiger partial charge in [-0.3, -0.25) is 9.59 Å². The summed E-state index contributed by atoms with van der Waals surface area (Å²) >= 11 is 0. The number of nitrogens with zero attached hydrogens (tertiary/aromatic N) is 2. The van der Waals surface area contributed by atoms with Gasteiger partial charge in [0.05, 0.1) is 6.07 Å². The molecule has 2 atom stereocenters. The van der Waals surface area contributed by atoms with Gasteiger partial charge in [-0.05, 0) is 25.7 Å². The highest BCUT2D eigenvalue weighted by molar-refractivity contribution is 5.88. The summed E-state index contributed by atoms with van der Waals surface area (Å²) in [5.41, 5.74) is 5.26. The van der Waals surface area contributed by atoms with Crippen LogP contribution in [0.2, 0.25) is 0 Å². The van der Waals surface area contributed by atoms with Crippen molar-refractivity contribution in [3.63, 3.8) is 0 Å². The van der Waals surface area contributed by atoms with Crippen LogP contribution in [-0.4, -0.2) is 29.3 Å². The van der Waals surface area contributed by atoms with Gasteiger partial charge in [-0.1, -0.05) is 6.92 Å². The molecule has 1 aliphatic rings. The standard InChI is InChI=1S/C11H17N3O2/c1-2-8(7-12)11(16)14-6-4-3-5-9(14)10(13)15/h8-9H,2-6H2,1H3,(H2,13,15). The van der Waals surface area contributed by atoms with E-state index >= 15 is 0 Å². The molecule has 2 amide bonds. The van der Waals surface area contributed by atoms with E-state index < -0.39 is 17.9 Å². The average Bonchev–Trinajstić information content (AvgIpc) is 2.30. The molecule has 0 aliphatic carbocycles. The third kappa shape index (κ3) is 2.51. The van der Waals surface area contributed by atoms with E-state index in [9.17, 15) is 9.59 Å². The Balaban J connectivity index is 2.79. The van der Waals surface area contributed by atoms with E-state index in [4.69, 9.17) is 11.0 Å². The van der Waals surface area contributed by atoms with E-state index in [-0.39, 0.29) is 5.91 Å². The van der Waals surface area contributed by atoms with Gasteiger partial charge in [0.2, 0.25) is 11.8 Å². The number of likely N-dealkylation sites (tertiary alicyclic amines) is 1. The molecule has 0 aromatic heterocycles. The van der Waals surface area contributed by atoms with E-state index in [1.165, 1.54) is 4.90 Å². The molecule has 1 rings (SSSR count). The molecule has 16 heavy (non-hydrogen) atoms. The number of hydrogen-bond acceptors (Lipinski definition) is 3. The molecule has 0 radical (unpaired) electrons. The van der Waals surface area contributed by atoms with Crippen LogP contribution in [-0.2, 0) is 9.59 Å². The van der Waals surface area contributed by atoms with Gasteiger partial charge in [0, 0.05) is 6.54 Å². The molecule has 0 spiro atoms. The third-order valence-corrected chi connectivity index (χ3v) is 2.98. The van der Waals surface area contributed by atoms with Gasteiger partial charge < -0.3 is 10.6 Å². The molecule has 0 aromatic carbocycles.